The van der Waals surface area contributed by atoms with Crippen molar-refractivity contribution in [2.45, 2.75) is 0 Å². The molecule has 0 spiro atoms. The lowest BCUT2D eigenvalue weighted by molar-refractivity contribution is -0.105. The molecule has 1 N–H and O–H groups in total. The van der Waals surface area contributed by atoms with Gasteiger partial charge in [0.2, 0.25) is 6.41 Å². The molecule has 0 radical (unpaired) electrons. The molecule has 4 nitrogen and oxygen atoms in total. The first kappa shape index (κ1) is 12.0. The van der Waals surface area contributed by atoms with Crippen LogP contribution in [0.25, 0.3) is 0 Å². The Morgan fingerprint density at radius 1 is 1.00 bits per heavy atom. The number of ether oxygens (including phenoxy) is 2. The summed E-state index contributed by atoms with van der Waals surface area (Å²) < 4.78 is 10.8. The maximum atomic E-state index is 10.5. The Balaban J connectivity index is 2.19. The average molecular weight is 243 g/mol. The van der Waals surface area contributed by atoms with E-state index in [9.17, 15) is 4.79 Å². The predicted molar refractivity (Wildman–Crippen MR) is 69.2 cm³/mol. The number of nitrogens with one attached hydrogen (secondary N) is 1. The Morgan fingerprint density at radius 3 is 2.33 bits per heavy atom. The highest BCUT2D eigenvalue weighted by molar-refractivity contribution is 5.75. The van der Waals surface area contributed by atoms with Gasteiger partial charge in [-0.2, -0.15) is 0 Å². The Kier molecular flexibility index (Phi) is 3.81. The molecule has 0 bridgehead atoms. The minimum atomic E-state index is 0.592. The highest BCUT2D eigenvalue weighted by Gasteiger charge is 2.03. The molecule has 0 aliphatic heterocycles. The van der Waals surface area contributed by atoms with E-state index in [1.165, 1.54) is 0 Å². The van der Waals surface area contributed by atoms with Crippen LogP contribution < -0.4 is 14.8 Å². The van der Waals surface area contributed by atoms with Gasteiger partial charge in [0.15, 0.2) is 5.75 Å². The van der Waals surface area contributed by atoms with Gasteiger partial charge in [0.05, 0.1) is 12.8 Å². The topological polar surface area (TPSA) is 47.6 Å². The molecular formula is C14H13NO3. The molecule has 0 fully saturated rings. The number of carbonyl (C=O) groups is 1. The number of amides is 1. The highest BCUT2D eigenvalue weighted by atomic mass is 16.5. The van der Waals surface area contributed by atoms with Crippen LogP contribution in [0.5, 0.6) is 17.2 Å². The third-order valence-corrected chi connectivity index (χ3v) is 2.39. The molecule has 0 saturated heterocycles. The van der Waals surface area contributed by atoms with E-state index in [0.29, 0.717) is 23.6 Å². The molecule has 0 aromatic heterocycles. The second-order valence-electron chi connectivity index (χ2n) is 3.54. The first-order valence-corrected chi connectivity index (χ1v) is 5.44. The van der Waals surface area contributed by atoms with E-state index in [4.69, 9.17) is 9.47 Å². The third-order valence-electron chi connectivity index (χ3n) is 2.39. The monoisotopic (exact) mass is 243 g/mol. The summed E-state index contributed by atoms with van der Waals surface area (Å²) >= 11 is 0. The number of rotatable bonds is 5. The van der Waals surface area contributed by atoms with Crippen molar-refractivity contribution in [2.24, 2.45) is 0 Å². The molecule has 2 aromatic rings. The lowest BCUT2D eigenvalue weighted by atomic mass is 10.3. The van der Waals surface area contributed by atoms with Crippen molar-refractivity contribution in [1.29, 1.82) is 0 Å². The number of anilines is 1. The number of methoxy groups -OCH3 is 1. The molecule has 0 heterocycles. The quantitative estimate of drug-likeness (QED) is 0.821. The Labute approximate surface area is 105 Å². The second kappa shape index (κ2) is 5.72. The van der Waals surface area contributed by atoms with Crippen molar-refractivity contribution in [1.82, 2.24) is 0 Å². The van der Waals surface area contributed by atoms with Crippen LogP contribution in [0.4, 0.5) is 5.69 Å². The summed E-state index contributed by atoms with van der Waals surface area (Å²) in [5.74, 6) is 2.03. The van der Waals surface area contributed by atoms with Crippen molar-refractivity contribution in [3.05, 3.63) is 48.5 Å². The third kappa shape index (κ3) is 2.79. The van der Waals surface area contributed by atoms with Crippen LogP contribution in [0.3, 0.4) is 0 Å². The van der Waals surface area contributed by atoms with E-state index in [2.05, 4.69) is 5.32 Å². The Morgan fingerprint density at radius 2 is 1.67 bits per heavy atom. The van der Waals surface area contributed by atoms with Gasteiger partial charge in [0.1, 0.15) is 11.5 Å². The second-order valence-corrected chi connectivity index (χ2v) is 3.54. The van der Waals surface area contributed by atoms with E-state index in [1.54, 1.807) is 31.4 Å². The zero-order valence-electron chi connectivity index (χ0n) is 9.92. The lowest BCUT2D eigenvalue weighted by Gasteiger charge is -2.10. The van der Waals surface area contributed by atoms with E-state index in [-0.39, 0.29) is 0 Å². The van der Waals surface area contributed by atoms with E-state index < -0.39 is 0 Å². The summed E-state index contributed by atoms with van der Waals surface area (Å²) in [6.07, 6.45) is 0.621. The average Bonchev–Trinajstić information content (AvgIpc) is 2.42. The number of hydrogen-bond acceptors (Lipinski definition) is 3. The molecule has 0 saturated carbocycles. The number of para-hydroxylation sites is 2. The van der Waals surface area contributed by atoms with Crippen LogP contribution >= 0.6 is 0 Å². The number of carbonyl (C=O) groups excluding carboxylic acids is 1. The Hall–Kier alpha value is -2.49. The lowest BCUT2D eigenvalue weighted by Crippen LogP contribution is -1.96. The largest absolute Gasteiger partial charge is 0.497 e. The normalized spacial score (nSPS) is 9.61. The minimum Gasteiger partial charge on any atom is -0.497 e. The fourth-order valence-electron chi connectivity index (χ4n) is 1.51. The van der Waals surface area contributed by atoms with Crippen molar-refractivity contribution in [3.63, 3.8) is 0 Å². The molecule has 2 aromatic carbocycles. The van der Waals surface area contributed by atoms with Gasteiger partial charge in [0.25, 0.3) is 0 Å². The van der Waals surface area contributed by atoms with Gasteiger partial charge in [-0.25, -0.2) is 0 Å². The number of benzene rings is 2. The van der Waals surface area contributed by atoms with Gasteiger partial charge in [-0.05, 0) is 36.4 Å². The van der Waals surface area contributed by atoms with Crippen LogP contribution in [0.1, 0.15) is 0 Å². The molecule has 0 aliphatic carbocycles. The van der Waals surface area contributed by atoms with E-state index >= 15 is 0 Å². The maximum absolute atomic E-state index is 10.5. The van der Waals surface area contributed by atoms with Gasteiger partial charge in [-0.1, -0.05) is 12.1 Å². The van der Waals surface area contributed by atoms with Crippen molar-refractivity contribution < 1.29 is 14.3 Å². The van der Waals surface area contributed by atoms with Gasteiger partial charge >= 0.3 is 0 Å². The first-order valence-electron chi connectivity index (χ1n) is 5.44. The molecule has 0 unspecified atom stereocenters. The van der Waals surface area contributed by atoms with Gasteiger partial charge < -0.3 is 14.8 Å². The first-order chi connectivity index (χ1) is 8.83. The van der Waals surface area contributed by atoms with Crippen molar-refractivity contribution in [3.8, 4) is 17.2 Å². The number of hydrogen-bond donors (Lipinski definition) is 1. The fourth-order valence-corrected chi connectivity index (χ4v) is 1.51. The summed E-state index contributed by atoms with van der Waals surface area (Å²) in [7, 11) is 1.61. The smallest absolute Gasteiger partial charge is 0.211 e. The standard InChI is InChI=1S/C14H13NO3/c1-17-11-6-8-12(9-7-11)18-14-5-3-2-4-13(14)15-10-16/h2-10H,1H3,(H,15,16). The summed E-state index contributed by atoms with van der Waals surface area (Å²) in [6, 6.07) is 14.5. The summed E-state index contributed by atoms with van der Waals surface area (Å²) in [5.41, 5.74) is 0.628. The van der Waals surface area contributed by atoms with Crippen molar-refractivity contribution >= 4 is 12.1 Å². The molecule has 92 valence electrons. The molecule has 1 amide bonds. The summed E-state index contributed by atoms with van der Waals surface area (Å²) in [6.45, 7) is 0. The summed E-state index contributed by atoms with van der Waals surface area (Å²) in [4.78, 5) is 10.5. The van der Waals surface area contributed by atoms with Crippen molar-refractivity contribution in [2.75, 3.05) is 12.4 Å². The Bertz CT molecular complexity index is 523. The molecule has 4 heteroatoms. The zero-order valence-corrected chi connectivity index (χ0v) is 9.92. The minimum absolute atomic E-state index is 0.592. The van der Waals surface area contributed by atoms with Crippen LogP contribution in [0.15, 0.2) is 48.5 Å². The van der Waals surface area contributed by atoms with Gasteiger partial charge in [-0.3, -0.25) is 4.79 Å². The predicted octanol–water partition coefficient (Wildman–Crippen LogP) is 3.06. The highest BCUT2D eigenvalue weighted by Crippen LogP contribution is 2.29. The van der Waals surface area contributed by atoms with E-state index in [1.807, 2.05) is 24.3 Å². The van der Waals surface area contributed by atoms with Gasteiger partial charge in [-0.15, -0.1) is 0 Å². The van der Waals surface area contributed by atoms with Crippen LogP contribution in [0, 0.1) is 0 Å². The van der Waals surface area contributed by atoms with Crippen LogP contribution in [-0.2, 0) is 4.79 Å². The van der Waals surface area contributed by atoms with Gasteiger partial charge in [0, 0.05) is 0 Å². The van der Waals surface area contributed by atoms with Crippen LogP contribution in [-0.4, -0.2) is 13.5 Å². The van der Waals surface area contributed by atoms with E-state index in [0.717, 1.165) is 5.75 Å². The zero-order chi connectivity index (χ0) is 12.8. The molecule has 0 atom stereocenters. The molecule has 0 aliphatic rings. The SMILES string of the molecule is COc1ccc(Oc2ccccc2NC=O)cc1. The summed E-state index contributed by atoms with van der Waals surface area (Å²) in [5, 5.41) is 2.59. The molecular weight excluding hydrogens is 230 g/mol. The molecule has 18 heavy (non-hydrogen) atoms. The molecule has 2 rings (SSSR count). The fraction of sp³-hybridized carbons (Fsp3) is 0.0714. The maximum Gasteiger partial charge on any atom is 0.211 e. The van der Waals surface area contributed by atoms with Crippen LogP contribution in [0.2, 0.25) is 0 Å².